The summed E-state index contributed by atoms with van der Waals surface area (Å²) in [5.41, 5.74) is 1.88. The number of aromatic nitrogens is 2. The maximum atomic E-state index is 11.9. The number of halogens is 1. The molecule has 0 aliphatic heterocycles. The molecule has 2 heterocycles. The van der Waals surface area contributed by atoms with E-state index >= 15 is 0 Å². The predicted molar refractivity (Wildman–Crippen MR) is 103 cm³/mol. The van der Waals surface area contributed by atoms with Gasteiger partial charge in [0.25, 0.3) is 0 Å². The number of para-hydroxylation sites is 1. The molecule has 26 heavy (non-hydrogen) atoms. The van der Waals surface area contributed by atoms with Gasteiger partial charge in [0.05, 0.1) is 23.9 Å². The van der Waals surface area contributed by atoms with Crippen molar-refractivity contribution >= 4 is 28.8 Å². The minimum atomic E-state index is -0.0220. The first-order chi connectivity index (χ1) is 12.7. The van der Waals surface area contributed by atoms with Crippen LogP contribution >= 0.6 is 22.9 Å². The van der Waals surface area contributed by atoms with E-state index < -0.39 is 0 Å². The molecule has 0 aliphatic carbocycles. The fourth-order valence-electron chi connectivity index (χ4n) is 2.27. The van der Waals surface area contributed by atoms with E-state index in [1.165, 1.54) is 0 Å². The second kappa shape index (κ2) is 9.31. The van der Waals surface area contributed by atoms with E-state index in [0.29, 0.717) is 36.8 Å². The van der Waals surface area contributed by atoms with Gasteiger partial charge in [-0.2, -0.15) is 0 Å². The zero-order chi connectivity index (χ0) is 18.2. The highest BCUT2D eigenvalue weighted by Crippen LogP contribution is 2.23. The van der Waals surface area contributed by atoms with Crippen LogP contribution in [0.2, 0.25) is 5.02 Å². The molecule has 0 saturated heterocycles. The van der Waals surface area contributed by atoms with Crippen LogP contribution in [0.1, 0.15) is 18.5 Å². The van der Waals surface area contributed by atoms with Crippen molar-refractivity contribution < 1.29 is 9.53 Å². The summed E-state index contributed by atoms with van der Waals surface area (Å²) in [5.74, 6) is 0.618. The van der Waals surface area contributed by atoms with Crippen molar-refractivity contribution in [3.8, 4) is 16.3 Å². The van der Waals surface area contributed by atoms with Gasteiger partial charge in [-0.05, 0) is 30.7 Å². The average Bonchev–Trinajstić information content (AvgIpc) is 3.15. The number of ether oxygens (including phenoxy) is 1. The van der Waals surface area contributed by atoms with E-state index in [1.54, 1.807) is 29.8 Å². The Kier molecular flexibility index (Phi) is 6.57. The second-order valence-electron chi connectivity index (χ2n) is 5.54. The molecule has 1 amide bonds. The van der Waals surface area contributed by atoms with Crippen molar-refractivity contribution in [1.82, 2.24) is 15.3 Å². The van der Waals surface area contributed by atoms with E-state index in [9.17, 15) is 4.79 Å². The van der Waals surface area contributed by atoms with Gasteiger partial charge in [-0.3, -0.25) is 9.78 Å². The summed E-state index contributed by atoms with van der Waals surface area (Å²) in [4.78, 5) is 20.5. The van der Waals surface area contributed by atoms with E-state index in [0.717, 1.165) is 16.3 Å². The lowest BCUT2D eigenvalue weighted by atomic mass is 10.3. The smallest absolute Gasteiger partial charge is 0.220 e. The van der Waals surface area contributed by atoms with Crippen LogP contribution in [0.3, 0.4) is 0 Å². The molecular formula is C19H18ClN3O2S. The molecule has 1 aromatic carbocycles. The van der Waals surface area contributed by atoms with Gasteiger partial charge in [-0.15, -0.1) is 11.3 Å². The van der Waals surface area contributed by atoms with Gasteiger partial charge in [0.2, 0.25) is 5.91 Å². The fraction of sp³-hybridized carbons (Fsp3) is 0.211. The van der Waals surface area contributed by atoms with Gasteiger partial charge in [-0.25, -0.2) is 4.98 Å². The lowest BCUT2D eigenvalue weighted by Crippen LogP contribution is -2.23. The van der Waals surface area contributed by atoms with E-state index in [1.807, 2.05) is 35.7 Å². The topological polar surface area (TPSA) is 64.1 Å². The SMILES string of the molecule is O=C(CCCOc1ccccc1Cl)NCc1csc(-c2ccncc2)n1. The van der Waals surface area contributed by atoms with Crippen molar-refractivity contribution in [3.05, 3.63) is 64.9 Å². The molecule has 0 aliphatic rings. The van der Waals surface area contributed by atoms with Crippen LogP contribution < -0.4 is 10.1 Å². The average molecular weight is 388 g/mol. The predicted octanol–water partition coefficient (Wildman–Crippen LogP) is 4.33. The van der Waals surface area contributed by atoms with Crippen LogP contribution in [0.5, 0.6) is 5.75 Å². The number of nitrogens with zero attached hydrogens (tertiary/aromatic N) is 2. The molecule has 134 valence electrons. The number of nitrogens with one attached hydrogen (secondary N) is 1. The monoisotopic (exact) mass is 387 g/mol. The molecule has 0 unspecified atom stereocenters. The molecule has 0 radical (unpaired) electrons. The summed E-state index contributed by atoms with van der Waals surface area (Å²) in [6, 6.07) is 11.1. The third kappa shape index (κ3) is 5.28. The maximum Gasteiger partial charge on any atom is 0.220 e. The number of benzene rings is 1. The molecule has 0 atom stereocenters. The summed E-state index contributed by atoms with van der Waals surface area (Å²) < 4.78 is 5.57. The molecule has 3 rings (SSSR count). The molecule has 5 nitrogen and oxygen atoms in total. The lowest BCUT2D eigenvalue weighted by molar-refractivity contribution is -0.121. The molecule has 0 bridgehead atoms. The van der Waals surface area contributed by atoms with Crippen LogP contribution in [-0.2, 0) is 11.3 Å². The van der Waals surface area contributed by atoms with Gasteiger partial charge >= 0.3 is 0 Å². The Morgan fingerprint density at radius 3 is 2.81 bits per heavy atom. The van der Waals surface area contributed by atoms with Crippen molar-refractivity contribution in [2.45, 2.75) is 19.4 Å². The third-order valence-corrected chi connectivity index (χ3v) is 4.84. The number of carbonyl (C=O) groups is 1. The van der Waals surface area contributed by atoms with Gasteiger partial charge in [0, 0.05) is 29.8 Å². The standard InChI is InChI=1S/C19H18ClN3O2S/c20-16-4-1-2-5-17(16)25-11-3-6-18(24)22-12-15-13-26-19(23-15)14-7-9-21-10-8-14/h1-2,4-5,7-10,13H,3,6,11-12H2,(H,22,24). The Morgan fingerprint density at radius 2 is 2.00 bits per heavy atom. The minimum absolute atomic E-state index is 0.0220. The van der Waals surface area contributed by atoms with Crippen LogP contribution in [0, 0.1) is 0 Å². The zero-order valence-corrected chi connectivity index (χ0v) is 15.6. The van der Waals surface area contributed by atoms with Crippen molar-refractivity contribution in [1.29, 1.82) is 0 Å². The van der Waals surface area contributed by atoms with Gasteiger partial charge in [0.1, 0.15) is 10.8 Å². The van der Waals surface area contributed by atoms with E-state index in [4.69, 9.17) is 16.3 Å². The van der Waals surface area contributed by atoms with E-state index in [-0.39, 0.29) is 5.91 Å². The maximum absolute atomic E-state index is 11.9. The second-order valence-corrected chi connectivity index (χ2v) is 6.80. The molecule has 3 aromatic rings. The van der Waals surface area contributed by atoms with Crippen molar-refractivity contribution in [2.24, 2.45) is 0 Å². The number of hydrogen-bond donors (Lipinski definition) is 1. The Morgan fingerprint density at radius 1 is 1.19 bits per heavy atom. The van der Waals surface area contributed by atoms with Crippen molar-refractivity contribution in [2.75, 3.05) is 6.61 Å². The van der Waals surface area contributed by atoms with Crippen LogP contribution in [0.15, 0.2) is 54.2 Å². The number of amides is 1. The Balaban J connectivity index is 1.38. The fourth-order valence-corrected chi connectivity index (χ4v) is 3.29. The molecule has 2 aromatic heterocycles. The first-order valence-corrected chi connectivity index (χ1v) is 9.47. The third-order valence-electron chi connectivity index (χ3n) is 3.59. The number of hydrogen-bond acceptors (Lipinski definition) is 5. The molecule has 1 N–H and O–H groups in total. The zero-order valence-electron chi connectivity index (χ0n) is 14.0. The summed E-state index contributed by atoms with van der Waals surface area (Å²) in [6.07, 6.45) is 4.49. The number of thiazole rings is 1. The first kappa shape index (κ1) is 18.4. The first-order valence-electron chi connectivity index (χ1n) is 8.21. The lowest BCUT2D eigenvalue weighted by Gasteiger charge is -2.07. The van der Waals surface area contributed by atoms with Gasteiger partial charge in [-0.1, -0.05) is 23.7 Å². The quantitative estimate of drug-likeness (QED) is 0.584. The van der Waals surface area contributed by atoms with Crippen LogP contribution in [0.4, 0.5) is 0 Å². The largest absolute Gasteiger partial charge is 0.492 e. The van der Waals surface area contributed by atoms with E-state index in [2.05, 4.69) is 15.3 Å². The number of rotatable bonds is 8. The Hall–Kier alpha value is -2.44. The van der Waals surface area contributed by atoms with Crippen molar-refractivity contribution in [3.63, 3.8) is 0 Å². The highest BCUT2D eigenvalue weighted by molar-refractivity contribution is 7.13. The molecule has 0 saturated carbocycles. The number of pyridine rings is 1. The van der Waals surface area contributed by atoms with Crippen LogP contribution in [-0.4, -0.2) is 22.5 Å². The highest BCUT2D eigenvalue weighted by atomic mass is 35.5. The highest BCUT2D eigenvalue weighted by Gasteiger charge is 2.07. The summed E-state index contributed by atoms with van der Waals surface area (Å²) in [5, 5.41) is 6.34. The van der Waals surface area contributed by atoms with Gasteiger partial charge < -0.3 is 10.1 Å². The Bertz CT molecular complexity index is 855. The summed E-state index contributed by atoms with van der Waals surface area (Å²) in [6.45, 7) is 0.867. The normalized spacial score (nSPS) is 10.5. The Labute approximate surface area is 161 Å². The van der Waals surface area contributed by atoms with Gasteiger partial charge in [0.15, 0.2) is 0 Å². The van der Waals surface area contributed by atoms with Crippen LogP contribution in [0.25, 0.3) is 10.6 Å². The molecular weight excluding hydrogens is 370 g/mol. The molecule has 7 heteroatoms. The summed E-state index contributed by atoms with van der Waals surface area (Å²) >= 11 is 7.57. The molecule has 0 fully saturated rings. The minimum Gasteiger partial charge on any atom is -0.492 e. The summed E-state index contributed by atoms with van der Waals surface area (Å²) in [7, 11) is 0. The number of carbonyl (C=O) groups excluding carboxylic acids is 1. The molecule has 0 spiro atoms.